The maximum Gasteiger partial charge on any atom is 0.303 e. The molecule has 0 aliphatic heterocycles. The molecule has 10 heteroatoms. The molecule has 0 saturated carbocycles. The van der Waals surface area contributed by atoms with E-state index in [9.17, 15) is 18.0 Å². The molecule has 8 nitrogen and oxygen atoms in total. The molecule has 32 heavy (non-hydrogen) atoms. The lowest BCUT2D eigenvalue weighted by Crippen LogP contribution is -2.54. The molecule has 1 atom stereocenters. The van der Waals surface area contributed by atoms with Crippen LogP contribution in [-0.2, 0) is 19.6 Å². The van der Waals surface area contributed by atoms with E-state index in [4.69, 9.17) is 28.5 Å². The lowest BCUT2D eigenvalue weighted by atomic mass is 9.84. The van der Waals surface area contributed by atoms with E-state index in [0.717, 1.165) is 4.90 Å². The zero-order valence-electron chi connectivity index (χ0n) is 18.0. The van der Waals surface area contributed by atoms with Crippen LogP contribution in [0.1, 0.15) is 20.8 Å². The predicted octanol–water partition coefficient (Wildman–Crippen LogP) is 3.02. The summed E-state index contributed by atoms with van der Waals surface area (Å²) in [6.07, 6.45) is 5.30. The Morgan fingerprint density at radius 2 is 1.78 bits per heavy atom. The van der Waals surface area contributed by atoms with E-state index in [1.54, 1.807) is 20.8 Å². The van der Waals surface area contributed by atoms with Gasteiger partial charge in [0.05, 0.1) is 22.7 Å². The molecule has 3 N–H and O–H groups in total. The third-order valence-electron chi connectivity index (χ3n) is 4.54. The number of halogens is 1. The van der Waals surface area contributed by atoms with Crippen LogP contribution < -0.4 is 20.1 Å². The Morgan fingerprint density at radius 3 is 2.22 bits per heavy atom. The van der Waals surface area contributed by atoms with Crippen molar-refractivity contribution < 1.29 is 22.7 Å². The lowest BCUT2D eigenvalue weighted by Gasteiger charge is -2.37. The average Bonchev–Trinajstić information content (AvgIpc) is 2.71. The summed E-state index contributed by atoms with van der Waals surface area (Å²) in [5.41, 5.74) is 5.09. The summed E-state index contributed by atoms with van der Waals surface area (Å²) in [4.78, 5) is 25.7. The Hall–Kier alpha value is -3.22. The number of terminal acetylenes is 1. The van der Waals surface area contributed by atoms with Gasteiger partial charge in [0.2, 0.25) is 5.91 Å². The summed E-state index contributed by atoms with van der Waals surface area (Å²) in [6, 6.07) is 8.87. The van der Waals surface area contributed by atoms with Gasteiger partial charge < -0.3 is 10.5 Å². The van der Waals surface area contributed by atoms with Gasteiger partial charge in [-0.05, 0) is 53.8 Å². The summed E-state index contributed by atoms with van der Waals surface area (Å²) in [7, 11) is -2.47. The molecular formula is C22H24ClN3O5S. The van der Waals surface area contributed by atoms with Gasteiger partial charge in [0, 0.05) is 5.69 Å². The highest BCUT2D eigenvalue weighted by molar-refractivity contribution is 7.92. The zero-order valence-corrected chi connectivity index (χ0v) is 19.6. The van der Waals surface area contributed by atoms with Crippen LogP contribution >= 0.6 is 11.6 Å². The number of ether oxygens (including phenoxy) is 1. The molecule has 0 bridgehead atoms. The van der Waals surface area contributed by atoms with E-state index in [0.29, 0.717) is 5.75 Å². The van der Waals surface area contributed by atoms with Crippen LogP contribution in [0.15, 0.2) is 47.4 Å². The van der Waals surface area contributed by atoms with Gasteiger partial charge in [0.15, 0.2) is 0 Å². The minimum Gasteiger partial charge on any atom is -0.497 e. The molecule has 0 heterocycles. The molecule has 1 unspecified atom stereocenters. The van der Waals surface area contributed by atoms with Gasteiger partial charge >= 0.3 is 5.91 Å². The Labute approximate surface area is 192 Å². The number of hydrogen-bond donors (Lipinski definition) is 2. The Kier molecular flexibility index (Phi) is 7.44. The van der Waals surface area contributed by atoms with Crippen molar-refractivity contribution in [2.24, 2.45) is 11.1 Å². The van der Waals surface area contributed by atoms with Crippen molar-refractivity contribution in [1.29, 1.82) is 0 Å². The first kappa shape index (κ1) is 25.0. The van der Waals surface area contributed by atoms with Gasteiger partial charge in [-0.1, -0.05) is 32.4 Å². The van der Waals surface area contributed by atoms with Crippen molar-refractivity contribution in [2.45, 2.75) is 31.7 Å². The molecule has 0 saturated heterocycles. The fourth-order valence-electron chi connectivity index (χ4n) is 3.09. The molecule has 0 aromatic heterocycles. The first-order valence-electron chi connectivity index (χ1n) is 9.37. The normalized spacial score (nSPS) is 12.4. The van der Waals surface area contributed by atoms with Crippen LogP contribution in [-0.4, -0.2) is 33.4 Å². The number of rotatable bonds is 7. The minimum atomic E-state index is -3.94. The van der Waals surface area contributed by atoms with Crippen LogP contribution in [0.4, 0.5) is 11.4 Å². The van der Waals surface area contributed by atoms with Crippen LogP contribution in [0.25, 0.3) is 0 Å². The van der Waals surface area contributed by atoms with Crippen molar-refractivity contribution in [3.63, 3.8) is 0 Å². The Morgan fingerprint density at radius 1 is 1.19 bits per heavy atom. The molecule has 2 aromatic carbocycles. The molecule has 170 valence electrons. The second-order valence-corrected chi connectivity index (χ2v) is 10.0. The highest BCUT2D eigenvalue weighted by Gasteiger charge is 2.38. The van der Waals surface area contributed by atoms with Crippen LogP contribution in [0.5, 0.6) is 5.75 Å². The largest absolute Gasteiger partial charge is 0.497 e. The highest BCUT2D eigenvalue weighted by atomic mass is 35.5. The quantitative estimate of drug-likeness (QED) is 0.594. The van der Waals surface area contributed by atoms with Crippen molar-refractivity contribution in [2.75, 3.05) is 16.7 Å². The minimum absolute atomic E-state index is 0.00380. The first-order chi connectivity index (χ1) is 14.8. The number of nitrogens with zero attached hydrogens (tertiary/aromatic N) is 1. The summed E-state index contributed by atoms with van der Waals surface area (Å²) in [5.74, 6) is 0.961. The topological polar surface area (TPSA) is 119 Å². The molecule has 0 spiro atoms. The van der Waals surface area contributed by atoms with Gasteiger partial charge in [-0.25, -0.2) is 8.42 Å². The van der Waals surface area contributed by atoms with E-state index in [-0.39, 0.29) is 21.3 Å². The predicted molar refractivity (Wildman–Crippen MR) is 124 cm³/mol. The number of primary amides is 1. The summed E-state index contributed by atoms with van der Waals surface area (Å²) < 4.78 is 32.8. The second-order valence-electron chi connectivity index (χ2n) is 7.94. The maximum atomic E-state index is 12.7. The number of methoxy groups -OCH3 is 1. The van der Waals surface area contributed by atoms with Crippen molar-refractivity contribution in [3.05, 3.63) is 47.5 Å². The molecule has 0 aliphatic rings. The fourth-order valence-corrected chi connectivity index (χ4v) is 4.45. The van der Waals surface area contributed by atoms with E-state index >= 15 is 0 Å². The number of nitrogens with one attached hydrogen (secondary N) is 1. The van der Waals surface area contributed by atoms with Crippen LogP contribution in [0, 0.1) is 17.8 Å². The molecule has 2 aromatic rings. The summed E-state index contributed by atoms with van der Waals surface area (Å²) in [6.45, 7) is 5.20. The van der Waals surface area contributed by atoms with Gasteiger partial charge in [-0.15, -0.1) is 6.42 Å². The molecule has 0 radical (unpaired) electrons. The standard InChI is InChI=1S/C22H24ClN3O5S/c1-6-19(27)26(20(21(24)28)22(2,3)4)14-7-12-18(17(23)13-14)25-32(29,30)16-10-8-15(31-5)9-11-16/h1,7-13,20,25H,2-5H3,(H2,24,28). The number of nitrogens with two attached hydrogens (primary N) is 1. The summed E-state index contributed by atoms with van der Waals surface area (Å²) in [5, 5.41) is -0.00784. The zero-order chi connectivity index (χ0) is 24.3. The second kappa shape index (κ2) is 9.51. The molecule has 0 aliphatic carbocycles. The monoisotopic (exact) mass is 477 g/mol. The van der Waals surface area contributed by atoms with Gasteiger partial charge in [-0.3, -0.25) is 19.2 Å². The number of benzene rings is 2. The smallest absolute Gasteiger partial charge is 0.303 e. The van der Waals surface area contributed by atoms with E-state index < -0.39 is 33.3 Å². The van der Waals surface area contributed by atoms with Crippen LogP contribution in [0.3, 0.4) is 0 Å². The van der Waals surface area contributed by atoms with Crippen LogP contribution in [0.2, 0.25) is 5.02 Å². The number of amides is 2. The molecule has 2 amide bonds. The van der Waals surface area contributed by atoms with Crippen molar-refractivity contribution in [1.82, 2.24) is 0 Å². The number of sulfonamides is 1. The van der Waals surface area contributed by atoms with Gasteiger partial charge in [0.1, 0.15) is 11.8 Å². The maximum absolute atomic E-state index is 12.7. The number of carbonyl (C=O) groups excluding carboxylic acids is 2. The lowest BCUT2D eigenvalue weighted by molar-refractivity contribution is -0.124. The first-order valence-corrected chi connectivity index (χ1v) is 11.2. The SMILES string of the molecule is C#CC(=O)N(c1ccc(NS(=O)(=O)c2ccc(OC)cc2)c(Cl)c1)C(C(N)=O)C(C)(C)C. The van der Waals surface area contributed by atoms with Gasteiger partial charge in [-0.2, -0.15) is 0 Å². The number of anilines is 2. The van der Waals surface area contributed by atoms with E-state index in [2.05, 4.69) is 4.72 Å². The Bertz CT molecular complexity index is 1170. The molecule has 0 fully saturated rings. The van der Waals surface area contributed by atoms with Crippen molar-refractivity contribution in [3.8, 4) is 18.1 Å². The molecule has 2 rings (SSSR count). The average molecular weight is 478 g/mol. The van der Waals surface area contributed by atoms with Gasteiger partial charge in [0.25, 0.3) is 10.0 Å². The third kappa shape index (κ3) is 5.52. The number of carbonyl (C=O) groups is 2. The molecular weight excluding hydrogens is 454 g/mol. The third-order valence-corrected chi connectivity index (χ3v) is 6.23. The van der Waals surface area contributed by atoms with E-state index in [1.807, 2.05) is 5.92 Å². The summed E-state index contributed by atoms with van der Waals surface area (Å²) >= 11 is 6.31. The number of hydrogen-bond acceptors (Lipinski definition) is 5. The fraction of sp³-hybridized carbons (Fsp3) is 0.273. The highest BCUT2D eigenvalue weighted by Crippen LogP contribution is 2.34. The Balaban J connectivity index is 2.45. The van der Waals surface area contributed by atoms with Crippen molar-refractivity contribution >= 4 is 44.8 Å². The van der Waals surface area contributed by atoms with E-state index in [1.165, 1.54) is 49.6 Å².